The van der Waals surface area contributed by atoms with Gasteiger partial charge in [0, 0.05) is 44.0 Å². The van der Waals surface area contributed by atoms with Crippen molar-refractivity contribution in [2.45, 2.75) is 18.5 Å². The first-order valence-electron chi connectivity index (χ1n) is 9.58. The molecule has 0 saturated carbocycles. The molecular formula is C21H25FN4O2. The van der Waals surface area contributed by atoms with Crippen LogP contribution in [0.15, 0.2) is 48.5 Å². The minimum absolute atomic E-state index is 0.00706. The monoisotopic (exact) mass is 384 g/mol. The highest BCUT2D eigenvalue weighted by Gasteiger charge is 2.34. The number of nitrogens with one attached hydrogen (secondary N) is 2. The summed E-state index contributed by atoms with van der Waals surface area (Å²) < 4.78 is 18.4. The van der Waals surface area contributed by atoms with Crippen molar-refractivity contribution in [3.63, 3.8) is 0 Å². The van der Waals surface area contributed by atoms with Gasteiger partial charge in [-0.15, -0.1) is 0 Å². The second kappa shape index (κ2) is 8.16. The predicted molar refractivity (Wildman–Crippen MR) is 106 cm³/mol. The van der Waals surface area contributed by atoms with E-state index < -0.39 is 0 Å². The summed E-state index contributed by atoms with van der Waals surface area (Å²) in [5.74, 6) is 0.697. The van der Waals surface area contributed by atoms with Crippen molar-refractivity contribution in [2.75, 3.05) is 38.2 Å². The van der Waals surface area contributed by atoms with Gasteiger partial charge in [0.2, 0.25) is 5.91 Å². The molecule has 7 heteroatoms. The number of piperazine rings is 1. The summed E-state index contributed by atoms with van der Waals surface area (Å²) >= 11 is 0. The molecule has 2 aromatic carbocycles. The van der Waals surface area contributed by atoms with Gasteiger partial charge in [0.25, 0.3) is 0 Å². The third-order valence-electron chi connectivity index (χ3n) is 5.48. The number of nitrogens with zero attached hydrogens (tertiary/aromatic N) is 2. The fraction of sp³-hybridized carbons (Fsp3) is 0.381. The molecular weight excluding hydrogens is 359 g/mol. The lowest BCUT2D eigenvalue weighted by Crippen LogP contribution is -2.53. The number of benzene rings is 2. The van der Waals surface area contributed by atoms with Crippen LogP contribution in [0.4, 0.5) is 10.1 Å². The Morgan fingerprint density at radius 1 is 1.07 bits per heavy atom. The van der Waals surface area contributed by atoms with Crippen molar-refractivity contribution < 1.29 is 13.9 Å². The van der Waals surface area contributed by atoms with E-state index in [1.165, 1.54) is 12.1 Å². The second-order valence-corrected chi connectivity index (χ2v) is 7.19. The average Bonchev–Trinajstić information content (AvgIpc) is 3.24. The Balaban J connectivity index is 1.32. The summed E-state index contributed by atoms with van der Waals surface area (Å²) in [5, 5.41) is 0. The van der Waals surface area contributed by atoms with Crippen molar-refractivity contribution in [3.8, 4) is 5.75 Å². The van der Waals surface area contributed by atoms with Crippen LogP contribution in [-0.4, -0.2) is 50.1 Å². The third-order valence-corrected chi connectivity index (χ3v) is 5.48. The summed E-state index contributed by atoms with van der Waals surface area (Å²) in [6.07, 6.45) is 0.653. The second-order valence-electron chi connectivity index (χ2n) is 7.19. The van der Waals surface area contributed by atoms with Crippen LogP contribution in [0.5, 0.6) is 5.75 Å². The Morgan fingerprint density at radius 2 is 1.82 bits per heavy atom. The zero-order chi connectivity index (χ0) is 19.5. The number of ether oxygens (including phenoxy) is 1. The van der Waals surface area contributed by atoms with E-state index in [0.717, 1.165) is 30.1 Å². The Bertz CT molecular complexity index is 821. The van der Waals surface area contributed by atoms with Gasteiger partial charge in [0.15, 0.2) is 0 Å². The van der Waals surface area contributed by atoms with Crippen LogP contribution in [0, 0.1) is 5.82 Å². The number of amides is 1. The van der Waals surface area contributed by atoms with E-state index >= 15 is 0 Å². The molecule has 2 aromatic rings. The average molecular weight is 384 g/mol. The van der Waals surface area contributed by atoms with E-state index in [1.54, 1.807) is 19.2 Å². The van der Waals surface area contributed by atoms with Crippen LogP contribution < -0.4 is 20.5 Å². The largest absolute Gasteiger partial charge is 0.497 e. The Morgan fingerprint density at radius 3 is 2.54 bits per heavy atom. The highest BCUT2D eigenvalue weighted by molar-refractivity contribution is 5.82. The maximum absolute atomic E-state index is 13.1. The highest BCUT2D eigenvalue weighted by Crippen LogP contribution is 2.25. The SMILES string of the molecule is COc1cccc(N2CCN(C(=O)C3CC(c4ccc(F)cc4)NN3)CC2)c1. The van der Waals surface area contributed by atoms with Gasteiger partial charge in [-0.2, -0.15) is 0 Å². The fourth-order valence-corrected chi connectivity index (χ4v) is 3.84. The first-order valence-corrected chi connectivity index (χ1v) is 9.58. The molecule has 28 heavy (non-hydrogen) atoms. The van der Waals surface area contributed by atoms with E-state index in [2.05, 4.69) is 21.8 Å². The van der Waals surface area contributed by atoms with E-state index in [1.807, 2.05) is 23.1 Å². The quantitative estimate of drug-likeness (QED) is 0.846. The smallest absolute Gasteiger partial charge is 0.241 e. The molecule has 2 saturated heterocycles. The first kappa shape index (κ1) is 18.7. The maximum Gasteiger partial charge on any atom is 0.241 e. The number of hydrogen-bond donors (Lipinski definition) is 2. The number of rotatable bonds is 4. The maximum atomic E-state index is 13.1. The molecule has 0 radical (unpaired) electrons. The van der Waals surface area contributed by atoms with Crippen LogP contribution in [0.2, 0.25) is 0 Å². The van der Waals surface area contributed by atoms with E-state index in [-0.39, 0.29) is 23.8 Å². The van der Waals surface area contributed by atoms with Crippen LogP contribution in [-0.2, 0) is 4.79 Å². The molecule has 2 N–H and O–H groups in total. The lowest BCUT2D eigenvalue weighted by Gasteiger charge is -2.37. The highest BCUT2D eigenvalue weighted by atomic mass is 19.1. The van der Waals surface area contributed by atoms with Crippen molar-refractivity contribution in [1.29, 1.82) is 0 Å². The van der Waals surface area contributed by atoms with Crippen molar-refractivity contribution in [1.82, 2.24) is 15.8 Å². The minimum Gasteiger partial charge on any atom is -0.497 e. The van der Waals surface area contributed by atoms with Crippen LogP contribution >= 0.6 is 0 Å². The minimum atomic E-state index is -0.265. The molecule has 2 atom stereocenters. The molecule has 2 unspecified atom stereocenters. The molecule has 1 amide bonds. The number of anilines is 1. The molecule has 0 aromatic heterocycles. The zero-order valence-electron chi connectivity index (χ0n) is 15.9. The van der Waals surface area contributed by atoms with Gasteiger partial charge in [0.1, 0.15) is 17.6 Å². The molecule has 0 aliphatic carbocycles. The Hall–Kier alpha value is -2.64. The molecule has 2 aliphatic rings. The van der Waals surface area contributed by atoms with Gasteiger partial charge in [-0.3, -0.25) is 4.79 Å². The standard InChI is InChI=1S/C21H25FN4O2/c1-28-18-4-2-3-17(13-18)25-9-11-26(12-10-25)21(27)20-14-19(23-24-20)15-5-7-16(22)8-6-15/h2-8,13,19-20,23-24H,9-12,14H2,1H3. The number of carbonyl (C=O) groups is 1. The number of carbonyl (C=O) groups excluding carboxylic acids is 1. The van der Waals surface area contributed by atoms with Gasteiger partial charge in [-0.1, -0.05) is 18.2 Å². The number of halogens is 1. The van der Waals surface area contributed by atoms with Gasteiger partial charge < -0.3 is 14.5 Å². The summed E-state index contributed by atoms with van der Waals surface area (Å²) in [6.45, 7) is 2.96. The van der Waals surface area contributed by atoms with Crippen molar-refractivity contribution >= 4 is 11.6 Å². The molecule has 0 spiro atoms. The first-order chi connectivity index (χ1) is 13.6. The van der Waals surface area contributed by atoms with Crippen LogP contribution in [0.1, 0.15) is 18.0 Å². The summed E-state index contributed by atoms with van der Waals surface area (Å²) in [5.41, 5.74) is 8.37. The number of hydrazine groups is 1. The predicted octanol–water partition coefficient (Wildman–Crippen LogP) is 2.09. The zero-order valence-corrected chi connectivity index (χ0v) is 15.9. The topological polar surface area (TPSA) is 56.8 Å². The molecule has 4 rings (SSSR count). The summed E-state index contributed by atoms with van der Waals surface area (Å²) in [4.78, 5) is 17.1. The van der Waals surface area contributed by atoms with Crippen LogP contribution in [0.3, 0.4) is 0 Å². The normalized spacial score (nSPS) is 22.4. The van der Waals surface area contributed by atoms with E-state index in [0.29, 0.717) is 19.5 Å². The lowest BCUT2D eigenvalue weighted by atomic mass is 10.0. The number of hydrogen-bond acceptors (Lipinski definition) is 5. The summed E-state index contributed by atoms with van der Waals surface area (Å²) in [6, 6.07) is 14.2. The van der Waals surface area contributed by atoms with E-state index in [4.69, 9.17) is 4.74 Å². The van der Waals surface area contributed by atoms with Crippen molar-refractivity contribution in [3.05, 3.63) is 59.9 Å². The van der Waals surface area contributed by atoms with Crippen molar-refractivity contribution in [2.24, 2.45) is 0 Å². The molecule has 2 heterocycles. The molecule has 2 aliphatic heterocycles. The third kappa shape index (κ3) is 3.95. The summed E-state index contributed by atoms with van der Waals surface area (Å²) in [7, 11) is 1.66. The van der Waals surface area contributed by atoms with Gasteiger partial charge in [-0.05, 0) is 36.2 Å². The molecule has 148 valence electrons. The molecule has 6 nitrogen and oxygen atoms in total. The van der Waals surface area contributed by atoms with Gasteiger partial charge >= 0.3 is 0 Å². The number of methoxy groups -OCH3 is 1. The van der Waals surface area contributed by atoms with Gasteiger partial charge in [0.05, 0.1) is 7.11 Å². The molecule has 0 bridgehead atoms. The van der Waals surface area contributed by atoms with Gasteiger partial charge in [-0.25, -0.2) is 15.2 Å². The van der Waals surface area contributed by atoms with Crippen LogP contribution in [0.25, 0.3) is 0 Å². The molecule has 2 fully saturated rings. The Kier molecular flexibility index (Phi) is 5.45. The lowest BCUT2D eigenvalue weighted by molar-refractivity contribution is -0.133. The fourth-order valence-electron chi connectivity index (χ4n) is 3.84. The van der Waals surface area contributed by atoms with E-state index in [9.17, 15) is 9.18 Å². The Labute approximate surface area is 164 Å².